The number of carbonyl (C=O) groups is 1. The molecule has 1 N–H and O–H groups in total. The fourth-order valence-electron chi connectivity index (χ4n) is 2.28. The predicted octanol–water partition coefficient (Wildman–Crippen LogP) is 4.27. The summed E-state index contributed by atoms with van der Waals surface area (Å²) < 4.78 is 16.0. The van der Waals surface area contributed by atoms with Gasteiger partial charge >= 0.3 is 0 Å². The Labute approximate surface area is 156 Å². The molecule has 0 saturated carbocycles. The van der Waals surface area contributed by atoms with Crippen LogP contribution in [0, 0.1) is 0 Å². The van der Waals surface area contributed by atoms with Crippen molar-refractivity contribution in [3.63, 3.8) is 0 Å². The van der Waals surface area contributed by atoms with E-state index in [0.717, 1.165) is 5.56 Å². The minimum atomic E-state index is -0.298. The first-order chi connectivity index (χ1) is 12.0. The maximum Gasteiger partial charge on any atom is 0.258 e. The molecule has 0 aliphatic carbocycles. The third-order valence-electron chi connectivity index (χ3n) is 3.56. The van der Waals surface area contributed by atoms with Crippen molar-refractivity contribution in [3.8, 4) is 17.2 Å². The second kappa shape index (κ2) is 8.83. The largest absolute Gasteiger partial charge is 0.497 e. The van der Waals surface area contributed by atoms with Crippen molar-refractivity contribution >= 4 is 29.1 Å². The lowest BCUT2D eigenvalue weighted by Crippen LogP contribution is -2.31. The number of halogens is 2. The molecule has 0 aliphatic rings. The quantitative estimate of drug-likeness (QED) is 0.775. The van der Waals surface area contributed by atoms with E-state index in [9.17, 15) is 4.79 Å². The number of benzene rings is 2. The summed E-state index contributed by atoms with van der Waals surface area (Å²) in [5.74, 6) is 1.40. The number of methoxy groups -OCH3 is 2. The number of hydrogen-bond donors (Lipinski definition) is 1. The maximum absolute atomic E-state index is 12.2. The average Bonchev–Trinajstić information content (AvgIpc) is 2.62. The van der Waals surface area contributed by atoms with E-state index in [1.807, 2.05) is 13.0 Å². The fourth-order valence-corrected chi connectivity index (χ4v) is 2.62. The Kier molecular flexibility index (Phi) is 6.79. The second-order valence-corrected chi connectivity index (χ2v) is 6.02. The van der Waals surface area contributed by atoms with Gasteiger partial charge in [-0.1, -0.05) is 29.3 Å². The summed E-state index contributed by atoms with van der Waals surface area (Å²) in [5.41, 5.74) is 0.802. The van der Waals surface area contributed by atoms with Gasteiger partial charge in [0, 0.05) is 5.56 Å². The molecule has 7 heteroatoms. The van der Waals surface area contributed by atoms with Crippen molar-refractivity contribution in [1.29, 1.82) is 0 Å². The topological polar surface area (TPSA) is 56.8 Å². The van der Waals surface area contributed by atoms with Gasteiger partial charge in [-0.3, -0.25) is 4.79 Å². The molecule has 2 aromatic carbocycles. The van der Waals surface area contributed by atoms with E-state index in [4.69, 9.17) is 37.4 Å². The van der Waals surface area contributed by atoms with Crippen molar-refractivity contribution in [2.45, 2.75) is 13.0 Å². The molecular formula is C18H19Cl2NO4. The van der Waals surface area contributed by atoms with Gasteiger partial charge < -0.3 is 19.5 Å². The monoisotopic (exact) mass is 383 g/mol. The highest BCUT2D eigenvalue weighted by Crippen LogP contribution is 2.32. The van der Waals surface area contributed by atoms with Crippen LogP contribution in [0.4, 0.5) is 0 Å². The molecular weight excluding hydrogens is 365 g/mol. The van der Waals surface area contributed by atoms with Crippen LogP contribution in [0.5, 0.6) is 17.2 Å². The summed E-state index contributed by atoms with van der Waals surface area (Å²) >= 11 is 11.9. The van der Waals surface area contributed by atoms with Crippen LogP contribution >= 0.6 is 23.2 Å². The lowest BCUT2D eigenvalue weighted by atomic mass is 10.1. The Morgan fingerprint density at radius 3 is 2.56 bits per heavy atom. The molecule has 0 fully saturated rings. The molecule has 0 aliphatic heterocycles. The van der Waals surface area contributed by atoms with Crippen LogP contribution in [0.1, 0.15) is 18.5 Å². The van der Waals surface area contributed by atoms with Gasteiger partial charge in [0.25, 0.3) is 5.91 Å². The molecule has 1 amide bonds. The van der Waals surface area contributed by atoms with Crippen LogP contribution in [-0.4, -0.2) is 26.7 Å². The highest BCUT2D eigenvalue weighted by atomic mass is 35.5. The summed E-state index contributed by atoms with van der Waals surface area (Å²) in [6, 6.07) is 10.1. The number of carbonyl (C=O) groups excluding carboxylic acids is 1. The third-order valence-corrected chi connectivity index (χ3v) is 4.36. The predicted molar refractivity (Wildman–Crippen MR) is 98.1 cm³/mol. The minimum absolute atomic E-state index is 0.184. The van der Waals surface area contributed by atoms with Gasteiger partial charge in [-0.25, -0.2) is 0 Å². The molecule has 0 aromatic heterocycles. The number of amides is 1. The first-order valence-electron chi connectivity index (χ1n) is 7.54. The van der Waals surface area contributed by atoms with Crippen LogP contribution in [-0.2, 0) is 4.79 Å². The molecule has 1 atom stereocenters. The summed E-state index contributed by atoms with van der Waals surface area (Å²) in [6.45, 7) is 1.66. The summed E-state index contributed by atoms with van der Waals surface area (Å²) in [7, 11) is 3.15. The lowest BCUT2D eigenvalue weighted by molar-refractivity contribution is -0.123. The first-order valence-corrected chi connectivity index (χ1v) is 8.30. The highest BCUT2D eigenvalue weighted by Gasteiger charge is 2.16. The van der Waals surface area contributed by atoms with E-state index in [-0.39, 0.29) is 23.6 Å². The summed E-state index contributed by atoms with van der Waals surface area (Å²) in [5, 5.41) is 3.50. The van der Waals surface area contributed by atoms with Crippen molar-refractivity contribution < 1.29 is 19.0 Å². The Morgan fingerprint density at radius 1 is 1.12 bits per heavy atom. The second-order valence-electron chi connectivity index (χ2n) is 5.24. The van der Waals surface area contributed by atoms with Gasteiger partial charge in [-0.2, -0.15) is 0 Å². The van der Waals surface area contributed by atoms with Crippen molar-refractivity contribution in [2.24, 2.45) is 0 Å². The van der Waals surface area contributed by atoms with Gasteiger partial charge in [0.2, 0.25) is 0 Å². The van der Waals surface area contributed by atoms with E-state index in [1.165, 1.54) is 0 Å². The molecule has 0 bridgehead atoms. The molecule has 134 valence electrons. The zero-order valence-electron chi connectivity index (χ0n) is 14.1. The van der Waals surface area contributed by atoms with Gasteiger partial charge in [0.05, 0.1) is 25.3 Å². The summed E-state index contributed by atoms with van der Waals surface area (Å²) in [4.78, 5) is 12.2. The Bertz CT molecular complexity index is 752. The highest BCUT2D eigenvalue weighted by molar-refractivity contribution is 6.42. The van der Waals surface area contributed by atoms with Gasteiger partial charge in [-0.05, 0) is 37.3 Å². The average molecular weight is 384 g/mol. The van der Waals surface area contributed by atoms with Gasteiger partial charge in [-0.15, -0.1) is 0 Å². The van der Waals surface area contributed by atoms with E-state index in [1.54, 1.807) is 44.6 Å². The molecule has 0 radical (unpaired) electrons. The van der Waals surface area contributed by atoms with E-state index < -0.39 is 0 Å². The molecule has 25 heavy (non-hydrogen) atoms. The Morgan fingerprint density at radius 2 is 1.88 bits per heavy atom. The first kappa shape index (κ1) is 19.2. The van der Waals surface area contributed by atoms with Crippen molar-refractivity contribution in [1.82, 2.24) is 5.32 Å². The molecule has 5 nitrogen and oxygen atoms in total. The zero-order valence-corrected chi connectivity index (χ0v) is 15.6. The zero-order chi connectivity index (χ0) is 18.4. The van der Waals surface area contributed by atoms with E-state index in [2.05, 4.69) is 5.32 Å². The molecule has 0 spiro atoms. The number of rotatable bonds is 7. The van der Waals surface area contributed by atoms with Crippen LogP contribution < -0.4 is 19.5 Å². The van der Waals surface area contributed by atoms with E-state index >= 15 is 0 Å². The molecule has 2 rings (SSSR count). The standard InChI is InChI=1S/C18H19Cl2NO4/c1-11(13-9-12(23-2)7-8-15(13)24-3)21-17(22)10-25-16-6-4-5-14(19)18(16)20/h4-9,11H,10H2,1-3H3,(H,21,22)/t11-/m1/s1. The lowest BCUT2D eigenvalue weighted by Gasteiger charge is -2.18. The normalized spacial score (nSPS) is 11.6. The van der Waals surface area contributed by atoms with Crippen molar-refractivity contribution in [2.75, 3.05) is 20.8 Å². The minimum Gasteiger partial charge on any atom is -0.497 e. The molecule has 2 aromatic rings. The van der Waals surface area contributed by atoms with Crippen molar-refractivity contribution in [3.05, 3.63) is 52.0 Å². The van der Waals surface area contributed by atoms with Crippen LogP contribution in [0.25, 0.3) is 0 Å². The number of nitrogens with one attached hydrogen (secondary N) is 1. The number of ether oxygens (including phenoxy) is 3. The number of hydrogen-bond acceptors (Lipinski definition) is 4. The molecule has 0 unspecified atom stereocenters. The van der Waals surface area contributed by atoms with Gasteiger partial charge in [0.1, 0.15) is 22.3 Å². The smallest absolute Gasteiger partial charge is 0.258 e. The van der Waals surface area contributed by atoms with Crippen LogP contribution in [0.2, 0.25) is 10.0 Å². The summed E-state index contributed by atoms with van der Waals surface area (Å²) in [6.07, 6.45) is 0. The molecule has 0 saturated heterocycles. The van der Waals surface area contributed by atoms with E-state index in [0.29, 0.717) is 22.3 Å². The molecule has 0 heterocycles. The SMILES string of the molecule is COc1ccc(OC)c([C@@H](C)NC(=O)COc2cccc(Cl)c2Cl)c1. The maximum atomic E-state index is 12.2. The van der Waals surface area contributed by atoms with Crippen LogP contribution in [0.3, 0.4) is 0 Å². The van der Waals surface area contributed by atoms with Gasteiger partial charge in [0.15, 0.2) is 6.61 Å². The Hall–Kier alpha value is -2.11. The third kappa shape index (κ3) is 4.94. The Balaban J connectivity index is 2.01. The fraction of sp³-hybridized carbons (Fsp3) is 0.278. The van der Waals surface area contributed by atoms with Crippen LogP contribution in [0.15, 0.2) is 36.4 Å².